The predicted octanol–water partition coefficient (Wildman–Crippen LogP) is 3.28. The summed E-state index contributed by atoms with van der Waals surface area (Å²) in [4.78, 5) is 14.9. The number of amides is 1. The molecule has 29 heavy (non-hydrogen) atoms. The standard InChI is InChI=1S/C22H33N3O4/c1-15(14-27-5)24(13-19-8-9-20(28-6)21(12-19)29-7)22(26)10-11-25-18(4)16(2)17(3)23-25/h8-9,12,15H,10-11,13-14H2,1-7H3/t15-/m0/s1. The second kappa shape index (κ2) is 10.3. The Morgan fingerprint density at radius 1 is 1.14 bits per heavy atom. The Morgan fingerprint density at radius 3 is 2.38 bits per heavy atom. The molecule has 0 fully saturated rings. The fourth-order valence-corrected chi connectivity index (χ4v) is 3.35. The van der Waals surface area contributed by atoms with Crippen molar-refractivity contribution in [1.82, 2.24) is 14.7 Å². The molecule has 160 valence electrons. The van der Waals surface area contributed by atoms with Gasteiger partial charge in [0.05, 0.1) is 32.6 Å². The van der Waals surface area contributed by atoms with Gasteiger partial charge in [0.2, 0.25) is 5.91 Å². The quantitative estimate of drug-likeness (QED) is 0.609. The second-order valence-corrected chi connectivity index (χ2v) is 7.28. The molecule has 1 amide bonds. The predicted molar refractivity (Wildman–Crippen MR) is 112 cm³/mol. The van der Waals surface area contributed by atoms with Gasteiger partial charge in [-0.15, -0.1) is 0 Å². The van der Waals surface area contributed by atoms with Crippen molar-refractivity contribution in [2.45, 2.75) is 53.2 Å². The highest BCUT2D eigenvalue weighted by molar-refractivity contribution is 5.76. The van der Waals surface area contributed by atoms with Crippen LogP contribution < -0.4 is 9.47 Å². The summed E-state index contributed by atoms with van der Waals surface area (Å²) in [7, 11) is 4.86. The summed E-state index contributed by atoms with van der Waals surface area (Å²) in [6.45, 7) is 9.58. The SMILES string of the molecule is COC[C@H](C)N(Cc1ccc(OC)c(OC)c1)C(=O)CCn1nc(C)c(C)c1C. The van der Waals surface area contributed by atoms with Gasteiger partial charge in [-0.1, -0.05) is 6.07 Å². The lowest BCUT2D eigenvalue weighted by atomic mass is 10.1. The van der Waals surface area contributed by atoms with Gasteiger partial charge in [-0.25, -0.2) is 0 Å². The zero-order chi connectivity index (χ0) is 21.6. The van der Waals surface area contributed by atoms with E-state index in [1.165, 1.54) is 5.56 Å². The Morgan fingerprint density at radius 2 is 1.83 bits per heavy atom. The molecule has 0 aliphatic heterocycles. The van der Waals surface area contributed by atoms with Crippen LogP contribution in [0.1, 0.15) is 35.9 Å². The van der Waals surface area contributed by atoms with E-state index in [1.54, 1.807) is 21.3 Å². The Balaban J connectivity index is 2.16. The number of carbonyl (C=O) groups excluding carboxylic acids is 1. The van der Waals surface area contributed by atoms with Crippen molar-refractivity contribution in [2.24, 2.45) is 0 Å². The Labute approximate surface area is 173 Å². The average molecular weight is 404 g/mol. The lowest BCUT2D eigenvalue weighted by Crippen LogP contribution is -2.41. The highest BCUT2D eigenvalue weighted by atomic mass is 16.5. The van der Waals surface area contributed by atoms with Crippen LogP contribution in [-0.2, 0) is 22.6 Å². The Kier molecular flexibility index (Phi) is 8.08. The molecule has 1 heterocycles. The van der Waals surface area contributed by atoms with Gasteiger partial charge in [-0.2, -0.15) is 5.10 Å². The lowest BCUT2D eigenvalue weighted by Gasteiger charge is -2.29. The van der Waals surface area contributed by atoms with Crippen molar-refractivity contribution in [1.29, 1.82) is 0 Å². The first-order valence-corrected chi connectivity index (χ1v) is 9.82. The summed E-state index contributed by atoms with van der Waals surface area (Å²) >= 11 is 0. The van der Waals surface area contributed by atoms with Crippen molar-refractivity contribution in [3.05, 3.63) is 40.7 Å². The zero-order valence-corrected chi connectivity index (χ0v) is 18.6. The molecule has 0 spiro atoms. The highest BCUT2D eigenvalue weighted by Crippen LogP contribution is 2.28. The van der Waals surface area contributed by atoms with Gasteiger partial charge in [0.1, 0.15) is 0 Å². The molecule has 0 N–H and O–H groups in total. The van der Waals surface area contributed by atoms with Gasteiger partial charge < -0.3 is 19.1 Å². The fraction of sp³-hybridized carbons (Fsp3) is 0.545. The first-order valence-electron chi connectivity index (χ1n) is 9.82. The number of hydrogen-bond acceptors (Lipinski definition) is 5. The maximum Gasteiger partial charge on any atom is 0.225 e. The van der Waals surface area contributed by atoms with E-state index in [-0.39, 0.29) is 11.9 Å². The topological polar surface area (TPSA) is 65.8 Å². The van der Waals surface area contributed by atoms with E-state index < -0.39 is 0 Å². The number of methoxy groups -OCH3 is 3. The van der Waals surface area contributed by atoms with Crippen LogP contribution >= 0.6 is 0 Å². The number of aromatic nitrogens is 2. The third kappa shape index (κ3) is 5.50. The Bertz CT molecular complexity index is 832. The normalized spacial score (nSPS) is 12.0. The number of hydrogen-bond donors (Lipinski definition) is 0. The van der Waals surface area contributed by atoms with E-state index in [1.807, 2.05) is 48.6 Å². The summed E-state index contributed by atoms with van der Waals surface area (Å²) in [6.07, 6.45) is 0.378. The fourth-order valence-electron chi connectivity index (χ4n) is 3.35. The molecule has 0 radical (unpaired) electrons. The maximum absolute atomic E-state index is 13.1. The minimum atomic E-state index is -0.0530. The minimum Gasteiger partial charge on any atom is -0.493 e. The first kappa shape index (κ1) is 22.7. The molecule has 7 heteroatoms. The van der Waals surface area contributed by atoms with Crippen molar-refractivity contribution in [2.75, 3.05) is 27.9 Å². The lowest BCUT2D eigenvalue weighted by molar-refractivity contribution is -0.135. The van der Waals surface area contributed by atoms with Gasteiger partial charge in [-0.3, -0.25) is 9.48 Å². The monoisotopic (exact) mass is 403 g/mol. The molecular formula is C22H33N3O4. The molecule has 2 aromatic rings. The summed E-state index contributed by atoms with van der Waals surface area (Å²) in [5, 5.41) is 4.54. The van der Waals surface area contributed by atoms with Crippen LogP contribution in [-0.4, -0.2) is 54.6 Å². The smallest absolute Gasteiger partial charge is 0.225 e. The molecule has 0 aliphatic rings. The van der Waals surface area contributed by atoms with Crippen LogP contribution in [0.25, 0.3) is 0 Å². The number of aryl methyl sites for hydroxylation is 2. The third-order valence-corrected chi connectivity index (χ3v) is 5.34. The molecular weight excluding hydrogens is 370 g/mol. The van der Waals surface area contributed by atoms with Gasteiger partial charge >= 0.3 is 0 Å². The van der Waals surface area contributed by atoms with E-state index >= 15 is 0 Å². The Hall–Kier alpha value is -2.54. The molecule has 0 aliphatic carbocycles. The summed E-state index contributed by atoms with van der Waals surface area (Å²) < 4.78 is 17.9. The molecule has 1 atom stereocenters. The summed E-state index contributed by atoms with van der Waals surface area (Å²) in [6, 6.07) is 5.66. The molecule has 1 aromatic heterocycles. The van der Waals surface area contributed by atoms with E-state index in [0.717, 1.165) is 17.0 Å². The maximum atomic E-state index is 13.1. The van der Waals surface area contributed by atoms with Crippen molar-refractivity contribution < 1.29 is 19.0 Å². The van der Waals surface area contributed by atoms with Crippen molar-refractivity contribution >= 4 is 5.91 Å². The van der Waals surface area contributed by atoms with Gasteiger partial charge in [0.25, 0.3) is 0 Å². The number of benzene rings is 1. The zero-order valence-electron chi connectivity index (χ0n) is 18.6. The minimum absolute atomic E-state index is 0.0530. The van der Waals surface area contributed by atoms with Gasteiger partial charge in [-0.05, 0) is 51.0 Å². The molecule has 0 saturated heterocycles. The largest absolute Gasteiger partial charge is 0.493 e. The number of carbonyl (C=O) groups is 1. The molecule has 1 aromatic carbocycles. The van der Waals surface area contributed by atoms with Gasteiger partial charge in [0.15, 0.2) is 11.5 Å². The van der Waals surface area contributed by atoms with E-state index in [2.05, 4.69) is 12.0 Å². The van der Waals surface area contributed by atoms with Crippen LogP contribution in [0.2, 0.25) is 0 Å². The van der Waals surface area contributed by atoms with Crippen molar-refractivity contribution in [3.63, 3.8) is 0 Å². The molecule has 0 unspecified atom stereocenters. The number of nitrogens with zero attached hydrogens (tertiary/aromatic N) is 3. The summed E-state index contributed by atoms with van der Waals surface area (Å²) in [5.74, 6) is 1.38. The van der Waals surface area contributed by atoms with Gasteiger partial charge in [0, 0.05) is 32.3 Å². The van der Waals surface area contributed by atoms with Crippen molar-refractivity contribution in [3.8, 4) is 11.5 Å². The van der Waals surface area contributed by atoms with E-state index in [0.29, 0.717) is 37.6 Å². The molecule has 0 bridgehead atoms. The summed E-state index contributed by atoms with van der Waals surface area (Å²) in [5.41, 5.74) is 4.25. The average Bonchev–Trinajstić information content (AvgIpc) is 2.96. The van der Waals surface area contributed by atoms with Crippen LogP contribution in [0.5, 0.6) is 11.5 Å². The number of rotatable bonds is 10. The van der Waals surface area contributed by atoms with E-state index in [4.69, 9.17) is 14.2 Å². The van der Waals surface area contributed by atoms with Crippen LogP contribution in [0, 0.1) is 20.8 Å². The third-order valence-electron chi connectivity index (χ3n) is 5.34. The highest BCUT2D eigenvalue weighted by Gasteiger charge is 2.21. The van der Waals surface area contributed by atoms with Crippen LogP contribution in [0.15, 0.2) is 18.2 Å². The van der Waals surface area contributed by atoms with Crippen LogP contribution in [0.3, 0.4) is 0 Å². The number of ether oxygens (including phenoxy) is 3. The van der Waals surface area contributed by atoms with E-state index in [9.17, 15) is 4.79 Å². The molecule has 0 saturated carbocycles. The molecule has 7 nitrogen and oxygen atoms in total. The molecule has 2 rings (SSSR count). The van der Waals surface area contributed by atoms with Crippen LogP contribution in [0.4, 0.5) is 0 Å². The first-order chi connectivity index (χ1) is 13.8. The second-order valence-electron chi connectivity index (χ2n) is 7.28.